The molecule has 0 spiro atoms. The van der Waals surface area contributed by atoms with Crippen LogP contribution < -0.4 is 0 Å². The predicted octanol–water partition coefficient (Wildman–Crippen LogP) is 4.59. The van der Waals surface area contributed by atoms with Gasteiger partial charge in [0.1, 0.15) is 5.01 Å². The molecule has 0 unspecified atom stereocenters. The van der Waals surface area contributed by atoms with E-state index in [0.29, 0.717) is 5.92 Å². The molecule has 0 bridgehead atoms. The summed E-state index contributed by atoms with van der Waals surface area (Å²) in [6.07, 6.45) is 0. The van der Waals surface area contributed by atoms with Crippen LogP contribution in [0.1, 0.15) is 25.5 Å². The van der Waals surface area contributed by atoms with E-state index in [0.717, 1.165) is 21.3 Å². The Morgan fingerprint density at radius 1 is 1.20 bits per heavy atom. The average molecular weight is 238 g/mol. The van der Waals surface area contributed by atoms with Crippen LogP contribution in [0, 0.1) is 0 Å². The van der Waals surface area contributed by atoms with Crippen molar-refractivity contribution in [3.05, 3.63) is 40.4 Å². The molecule has 0 atom stereocenters. The Labute approximate surface area is 98.7 Å². The third kappa shape index (κ3) is 2.39. The van der Waals surface area contributed by atoms with Crippen molar-refractivity contribution in [3.8, 4) is 10.6 Å². The van der Waals surface area contributed by atoms with Crippen molar-refractivity contribution < 1.29 is 0 Å². The van der Waals surface area contributed by atoms with Gasteiger partial charge in [-0.15, -0.1) is 11.3 Å². The summed E-state index contributed by atoms with van der Waals surface area (Å²) in [6, 6.07) is 7.80. The monoisotopic (exact) mass is 237 g/mol. The fourth-order valence-electron chi connectivity index (χ4n) is 1.28. The fraction of sp³-hybridized carbons (Fsp3) is 0.250. The van der Waals surface area contributed by atoms with Crippen LogP contribution in [0.4, 0.5) is 0 Å². The Bertz CT molecular complexity index is 445. The van der Waals surface area contributed by atoms with E-state index in [1.54, 1.807) is 11.3 Å². The quantitative estimate of drug-likeness (QED) is 0.745. The Hall–Kier alpha value is -0.860. The number of nitrogens with zero attached hydrogens (tertiary/aromatic N) is 1. The van der Waals surface area contributed by atoms with Crippen molar-refractivity contribution in [3.63, 3.8) is 0 Å². The predicted molar refractivity (Wildman–Crippen MR) is 66.6 cm³/mol. The van der Waals surface area contributed by atoms with Crippen LogP contribution in [0.3, 0.4) is 0 Å². The molecule has 15 heavy (non-hydrogen) atoms. The molecule has 0 saturated carbocycles. The first-order valence-corrected chi connectivity index (χ1v) is 6.14. The highest BCUT2D eigenvalue weighted by molar-refractivity contribution is 7.13. The smallest absolute Gasteiger partial charge is 0.123 e. The molecule has 1 aromatic heterocycles. The van der Waals surface area contributed by atoms with Gasteiger partial charge in [0, 0.05) is 16.0 Å². The van der Waals surface area contributed by atoms with Gasteiger partial charge < -0.3 is 0 Å². The second-order valence-corrected chi connectivity index (χ2v) is 5.03. The molecule has 0 amide bonds. The van der Waals surface area contributed by atoms with E-state index in [9.17, 15) is 0 Å². The summed E-state index contributed by atoms with van der Waals surface area (Å²) >= 11 is 7.52. The second kappa shape index (κ2) is 4.33. The third-order valence-corrected chi connectivity index (χ3v) is 3.37. The van der Waals surface area contributed by atoms with Crippen LogP contribution in [-0.2, 0) is 0 Å². The van der Waals surface area contributed by atoms with Gasteiger partial charge in [0.05, 0.1) is 5.69 Å². The highest BCUT2D eigenvalue weighted by atomic mass is 35.5. The summed E-state index contributed by atoms with van der Waals surface area (Å²) in [5, 5.41) is 3.95. The number of hydrogen-bond acceptors (Lipinski definition) is 2. The number of thiazole rings is 1. The molecular weight excluding hydrogens is 226 g/mol. The number of benzene rings is 1. The van der Waals surface area contributed by atoms with Gasteiger partial charge in [-0.25, -0.2) is 4.98 Å². The fourth-order valence-corrected chi connectivity index (χ4v) is 2.39. The maximum Gasteiger partial charge on any atom is 0.123 e. The second-order valence-electron chi connectivity index (χ2n) is 3.74. The SMILES string of the molecule is CC(C)c1csc(-c2ccc(Cl)cc2)n1. The summed E-state index contributed by atoms with van der Waals surface area (Å²) in [4.78, 5) is 4.59. The molecule has 1 aromatic carbocycles. The van der Waals surface area contributed by atoms with Gasteiger partial charge in [0.25, 0.3) is 0 Å². The number of hydrogen-bond donors (Lipinski definition) is 0. The Balaban J connectivity index is 2.33. The summed E-state index contributed by atoms with van der Waals surface area (Å²) in [7, 11) is 0. The molecule has 2 aromatic rings. The van der Waals surface area contributed by atoms with Crippen LogP contribution in [0.5, 0.6) is 0 Å². The van der Waals surface area contributed by atoms with E-state index in [2.05, 4.69) is 24.2 Å². The first-order chi connectivity index (χ1) is 7.16. The van der Waals surface area contributed by atoms with Gasteiger partial charge >= 0.3 is 0 Å². The maximum absolute atomic E-state index is 5.84. The summed E-state index contributed by atoms with van der Waals surface area (Å²) in [5.74, 6) is 0.488. The van der Waals surface area contributed by atoms with Gasteiger partial charge in [-0.1, -0.05) is 37.6 Å². The zero-order chi connectivity index (χ0) is 10.8. The van der Waals surface area contributed by atoms with E-state index in [1.807, 2.05) is 24.3 Å². The topological polar surface area (TPSA) is 12.9 Å². The lowest BCUT2D eigenvalue weighted by atomic mass is 10.1. The van der Waals surface area contributed by atoms with E-state index >= 15 is 0 Å². The minimum Gasteiger partial charge on any atom is -0.241 e. The molecule has 0 aliphatic heterocycles. The molecule has 0 saturated heterocycles. The van der Waals surface area contributed by atoms with Gasteiger partial charge in [-0.3, -0.25) is 0 Å². The highest BCUT2D eigenvalue weighted by Gasteiger charge is 2.06. The summed E-state index contributed by atoms with van der Waals surface area (Å²) in [6.45, 7) is 4.31. The van der Waals surface area contributed by atoms with Crippen molar-refractivity contribution in [2.24, 2.45) is 0 Å². The maximum atomic E-state index is 5.84. The molecule has 0 fully saturated rings. The number of rotatable bonds is 2. The molecule has 0 N–H and O–H groups in total. The van der Waals surface area contributed by atoms with Gasteiger partial charge in [-0.2, -0.15) is 0 Å². The first kappa shape index (κ1) is 10.7. The van der Waals surface area contributed by atoms with Crippen molar-refractivity contribution in [1.82, 2.24) is 4.98 Å². The molecule has 1 nitrogen and oxygen atoms in total. The minimum absolute atomic E-state index is 0.488. The van der Waals surface area contributed by atoms with Crippen molar-refractivity contribution in [2.75, 3.05) is 0 Å². The Morgan fingerprint density at radius 2 is 1.87 bits per heavy atom. The Kier molecular flexibility index (Phi) is 3.08. The van der Waals surface area contributed by atoms with Crippen molar-refractivity contribution in [1.29, 1.82) is 0 Å². The van der Waals surface area contributed by atoms with E-state index in [1.165, 1.54) is 0 Å². The van der Waals surface area contributed by atoms with Crippen molar-refractivity contribution in [2.45, 2.75) is 19.8 Å². The molecule has 2 rings (SSSR count). The van der Waals surface area contributed by atoms with E-state index in [-0.39, 0.29) is 0 Å². The number of aromatic nitrogens is 1. The zero-order valence-electron chi connectivity index (χ0n) is 8.70. The lowest BCUT2D eigenvalue weighted by Crippen LogP contribution is -1.86. The highest BCUT2D eigenvalue weighted by Crippen LogP contribution is 2.27. The lowest BCUT2D eigenvalue weighted by Gasteiger charge is -1.98. The molecule has 3 heteroatoms. The van der Waals surface area contributed by atoms with Gasteiger partial charge in [-0.05, 0) is 18.1 Å². The molecule has 0 radical (unpaired) electrons. The largest absolute Gasteiger partial charge is 0.241 e. The molecule has 0 aliphatic carbocycles. The number of halogens is 1. The zero-order valence-corrected chi connectivity index (χ0v) is 10.3. The summed E-state index contributed by atoms with van der Waals surface area (Å²) < 4.78 is 0. The van der Waals surface area contributed by atoms with Gasteiger partial charge in [0.2, 0.25) is 0 Å². The molecular formula is C12H12ClNS. The lowest BCUT2D eigenvalue weighted by molar-refractivity contribution is 0.834. The average Bonchev–Trinajstić information content (AvgIpc) is 2.68. The summed E-state index contributed by atoms with van der Waals surface area (Å²) in [5.41, 5.74) is 2.29. The van der Waals surface area contributed by atoms with Crippen LogP contribution in [0.15, 0.2) is 29.6 Å². The van der Waals surface area contributed by atoms with Crippen LogP contribution in [0.2, 0.25) is 5.02 Å². The molecule has 0 aliphatic rings. The Morgan fingerprint density at radius 3 is 2.40 bits per heavy atom. The van der Waals surface area contributed by atoms with Crippen LogP contribution in [0.25, 0.3) is 10.6 Å². The first-order valence-electron chi connectivity index (χ1n) is 4.88. The van der Waals surface area contributed by atoms with Gasteiger partial charge in [0.15, 0.2) is 0 Å². The molecule has 1 heterocycles. The van der Waals surface area contributed by atoms with E-state index < -0.39 is 0 Å². The van der Waals surface area contributed by atoms with Crippen molar-refractivity contribution >= 4 is 22.9 Å². The van der Waals surface area contributed by atoms with Crippen LogP contribution in [-0.4, -0.2) is 4.98 Å². The standard InChI is InChI=1S/C12H12ClNS/c1-8(2)11-7-15-12(14-11)9-3-5-10(13)6-4-9/h3-8H,1-2H3. The van der Waals surface area contributed by atoms with Crippen LogP contribution >= 0.6 is 22.9 Å². The normalized spacial score (nSPS) is 10.9. The van der Waals surface area contributed by atoms with E-state index in [4.69, 9.17) is 11.6 Å². The minimum atomic E-state index is 0.488. The molecule has 78 valence electrons. The third-order valence-electron chi connectivity index (χ3n) is 2.20.